The third kappa shape index (κ3) is 4.89. The fraction of sp³-hybridized carbons (Fsp3) is 0.304. The van der Waals surface area contributed by atoms with E-state index in [2.05, 4.69) is 10.6 Å². The lowest BCUT2D eigenvalue weighted by Gasteiger charge is -2.34. The molecule has 0 bridgehead atoms. The summed E-state index contributed by atoms with van der Waals surface area (Å²) in [5.41, 5.74) is -3.06. The van der Waals surface area contributed by atoms with Crippen LogP contribution in [0.1, 0.15) is 32.4 Å². The maximum Gasteiger partial charge on any atom is 0.253 e. The van der Waals surface area contributed by atoms with E-state index in [1.54, 1.807) is 20.8 Å². The second kappa shape index (κ2) is 9.21. The fourth-order valence-corrected chi connectivity index (χ4v) is 4.98. The molecule has 8 nitrogen and oxygen atoms in total. The van der Waals surface area contributed by atoms with Crippen molar-refractivity contribution in [2.24, 2.45) is 5.41 Å². The minimum atomic E-state index is -4.15. The van der Waals surface area contributed by atoms with Crippen LogP contribution in [0.25, 0.3) is 0 Å². The molecule has 0 saturated carbocycles. The zero-order valence-corrected chi connectivity index (χ0v) is 21.1. The molecule has 188 valence electrons. The minimum absolute atomic E-state index is 0.0756. The standard InChI is InChI=1S/C23H24ClF2N3O5S/c1-23(2,3)22(12-7-6-11(25)10-14(12)26)28-17-16(19(31)20(17)32)27-15-9-8-13(24)21(18(15)30)35(33,34)29(4)5/h6-10,22,27-28,30H,1-5H3. The fourth-order valence-electron chi connectivity index (χ4n) is 3.50. The van der Waals surface area contributed by atoms with Crippen molar-refractivity contribution in [3.8, 4) is 5.75 Å². The maximum absolute atomic E-state index is 14.6. The number of phenolic OH excluding ortho intramolecular Hbond substituents is 1. The van der Waals surface area contributed by atoms with Gasteiger partial charge in [-0.3, -0.25) is 9.59 Å². The van der Waals surface area contributed by atoms with Crippen molar-refractivity contribution in [1.82, 2.24) is 4.31 Å². The molecular weight excluding hydrogens is 504 g/mol. The van der Waals surface area contributed by atoms with E-state index in [0.717, 1.165) is 16.4 Å². The second-order valence-corrected chi connectivity index (χ2v) is 11.7. The van der Waals surface area contributed by atoms with Gasteiger partial charge in [0.2, 0.25) is 10.0 Å². The van der Waals surface area contributed by atoms with Gasteiger partial charge in [-0.25, -0.2) is 21.5 Å². The molecule has 0 aliphatic heterocycles. The van der Waals surface area contributed by atoms with Gasteiger partial charge in [0, 0.05) is 25.7 Å². The third-order valence-electron chi connectivity index (χ3n) is 5.42. The largest absolute Gasteiger partial charge is 0.504 e. The van der Waals surface area contributed by atoms with Crippen LogP contribution in [-0.2, 0) is 10.0 Å². The number of nitrogens with zero attached hydrogens (tertiary/aromatic N) is 1. The highest BCUT2D eigenvalue weighted by Crippen LogP contribution is 2.41. The summed E-state index contributed by atoms with van der Waals surface area (Å²) in [6.07, 6.45) is 0. The molecule has 3 aromatic rings. The number of hydrogen-bond donors (Lipinski definition) is 3. The van der Waals surface area contributed by atoms with E-state index < -0.39 is 54.6 Å². The van der Waals surface area contributed by atoms with Crippen molar-refractivity contribution in [2.75, 3.05) is 24.7 Å². The summed E-state index contributed by atoms with van der Waals surface area (Å²) in [4.78, 5) is 24.2. The molecule has 35 heavy (non-hydrogen) atoms. The monoisotopic (exact) mass is 527 g/mol. The van der Waals surface area contributed by atoms with Gasteiger partial charge in [0.25, 0.3) is 10.9 Å². The summed E-state index contributed by atoms with van der Waals surface area (Å²) < 4.78 is 54.0. The van der Waals surface area contributed by atoms with E-state index in [1.165, 1.54) is 32.3 Å². The molecule has 0 heterocycles. The topological polar surface area (TPSA) is 116 Å². The zero-order chi connectivity index (χ0) is 26.5. The lowest BCUT2D eigenvalue weighted by Crippen LogP contribution is -2.39. The molecule has 1 atom stereocenters. The Morgan fingerprint density at radius 2 is 1.63 bits per heavy atom. The van der Waals surface area contributed by atoms with Crippen molar-refractivity contribution in [1.29, 1.82) is 0 Å². The summed E-state index contributed by atoms with van der Waals surface area (Å²) in [6.45, 7) is 5.28. The van der Waals surface area contributed by atoms with Crippen molar-refractivity contribution in [3.05, 3.63) is 73.0 Å². The molecule has 0 aliphatic carbocycles. The smallest absolute Gasteiger partial charge is 0.253 e. The van der Waals surface area contributed by atoms with Crippen molar-refractivity contribution >= 4 is 38.7 Å². The summed E-state index contributed by atoms with van der Waals surface area (Å²) >= 11 is 6.01. The molecular formula is C23H24ClF2N3O5S. The lowest BCUT2D eigenvalue weighted by atomic mass is 9.81. The number of aromatic hydroxyl groups is 1. The van der Waals surface area contributed by atoms with E-state index in [1.807, 2.05) is 0 Å². The van der Waals surface area contributed by atoms with E-state index in [4.69, 9.17) is 11.6 Å². The number of sulfonamides is 1. The van der Waals surface area contributed by atoms with Gasteiger partial charge in [-0.15, -0.1) is 0 Å². The predicted molar refractivity (Wildman–Crippen MR) is 131 cm³/mol. The van der Waals surface area contributed by atoms with Crippen molar-refractivity contribution < 1.29 is 22.3 Å². The Hall–Kier alpha value is -3.02. The number of rotatable bonds is 7. The van der Waals surface area contributed by atoms with Crippen molar-refractivity contribution in [3.63, 3.8) is 0 Å². The Balaban J connectivity index is 2.06. The van der Waals surface area contributed by atoms with Gasteiger partial charge in [-0.1, -0.05) is 38.4 Å². The molecule has 0 aliphatic rings. The van der Waals surface area contributed by atoms with Gasteiger partial charge < -0.3 is 15.7 Å². The Labute approximate surface area is 205 Å². The molecule has 0 aromatic heterocycles. The number of anilines is 3. The number of hydrogen-bond acceptors (Lipinski definition) is 7. The zero-order valence-electron chi connectivity index (χ0n) is 19.5. The van der Waals surface area contributed by atoms with Gasteiger partial charge in [0.15, 0.2) is 5.75 Å². The Morgan fingerprint density at radius 1 is 1.03 bits per heavy atom. The molecule has 12 heteroatoms. The molecule has 3 rings (SSSR count). The molecule has 0 saturated heterocycles. The average Bonchev–Trinajstić information content (AvgIpc) is 2.74. The summed E-state index contributed by atoms with van der Waals surface area (Å²) in [5.74, 6) is -2.35. The normalized spacial score (nSPS) is 13.3. The van der Waals surface area contributed by atoms with Crippen LogP contribution in [0.3, 0.4) is 0 Å². The maximum atomic E-state index is 14.6. The first-order valence-electron chi connectivity index (χ1n) is 10.3. The first-order valence-corrected chi connectivity index (χ1v) is 12.1. The number of phenols is 1. The van der Waals surface area contributed by atoms with Gasteiger partial charge >= 0.3 is 0 Å². The SMILES string of the molecule is CN(C)S(=O)(=O)c1c(Cl)ccc(Nc2c(NC(c3ccc(F)cc3F)C(C)(C)C)c(=O)c2=O)c1O. The highest BCUT2D eigenvalue weighted by Gasteiger charge is 2.33. The van der Waals surface area contributed by atoms with E-state index in [0.29, 0.717) is 0 Å². The number of nitrogens with one attached hydrogen (secondary N) is 2. The Morgan fingerprint density at radius 3 is 2.17 bits per heavy atom. The minimum Gasteiger partial charge on any atom is -0.504 e. The van der Waals surface area contributed by atoms with E-state index >= 15 is 0 Å². The van der Waals surface area contributed by atoms with Crippen LogP contribution in [-0.4, -0.2) is 31.9 Å². The molecule has 3 aromatic carbocycles. The lowest BCUT2D eigenvalue weighted by molar-refractivity contribution is 0.338. The van der Waals surface area contributed by atoms with Gasteiger partial charge in [0.1, 0.15) is 27.9 Å². The van der Waals surface area contributed by atoms with Crippen LogP contribution < -0.4 is 21.5 Å². The first kappa shape index (κ1) is 26.6. The van der Waals surface area contributed by atoms with E-state index in [-0.39, 0.29) is 27.6 Å². The third-order valence-corrected chi connectivity index (χ3v) is 7.74. The molecule has 3 N–H and O–H groups in total. The molecule has 0 spiro atoms. The Kier molecular flexibility index (Phi) is 7.00. The highest BCUT2D eigenvalue weighted by molar-refractivity contribution is 7.89. The van der Waals surface area contributed by atoms with Crippen LogP contribution in [0, 0.1) is 17.0 Å². The van der Waals surface area contributed by atoms with Crippen LogP contribution in [0.2, 0.25) is 5.02 Å². The van der Waals surface area contributed by atoms with Crippen molar-refractivity contribution in [2.45, 2.75) is 31.7 Å². The molecule has 0 amide bonds. The molecule has 1 unspecified atom stereocenters. The van der Waals surface area contributed by atoms with Crippen LogP contribution in [0.5, 0.6) is 5.75 Å². The van der Waals surface area contributed by atoms with Gasteiger partial charge in [0.05, 0.1) is 16.8 Å². The second-order valence-electron chi connectivity index (χ2n) is 9.20. The Bertz CT molecular complexity index is 1480. The van der Waals surface area contributed by atoms with Gasteiger partial charge in [-0.05, 0) is 23.6 Å². The summed E-state index contributed by atoms with van der Waals surface area (Å²) in [5, 5.41) is 15.8. The quantitative estimate of drug-likeness (QED) is 0.313. The number of benzene rings is 2. The first-order chi connectivity index (χ1) is 16.1. The number of halogens is 3. The average molecular weight is 528 g/mol. The van der Waals surface area contributed by atoms with Crippen LogP contribution in [0.15, 0.2) is 44.8 Å². The molecule has 0 fully saturated rings. The summed E-state index contributed by atoms with van der Waals surface area (Å²) in [7, 11) is -1.64. The molecule has 0 radical (unpaired) electrons. The summed E-state index contributed by atoms with van der Waals surface area (Å²) in [6, 6.07) is 4.65. The van der Waals surface area contributed by atoms with Crippen LogP contribution in [0.4, 0.5) is 25.8 Å². The predicted octanol–water partition coefficient (Wildman–Crippen LogP) is 4.11. The highest BCUT2D eigenvalue weighted by atomic mass is 35.5. The van der Waals surface area contributed by atoms with Gasteiger partial charge in [-0.2, -0.15) is 0 Å². The van der Waals surface area contributed by atoms with E-state index in [9.17, 15) is 31.9 Å². The van der Waals surface area contributed by atoms with Crippen LogP contribution >= 0.6 is 11.6 Å².